The molecule has 0 radical (unpaired) electrons. The SMILES string of the molecule is Cc1cc(C(=O)NCCc2cccs2)ccc1C#CCO. The number of aliphatic hydroxyl groups is 1. The van der Waals surface area contributed by atoms with E-state index in [4.69, 9.17) is 5.11 Å². The van der Waals surface area contributed by atoms with Gasteiger partial charge in [-0.15, -0.1) is 11.3 Å². The summed E-state index contributed by atoms with van der Waals surface area (Å²) < 4.78 is 0. The lowest BCUT2D eigenvalue weighted by molar-refractivity contribution is 0.0954. The van der Waals surface area contributed by atoms with E-state index in [1.165, 1.54) is 4.88 Å². The van der Waals surface area contributed by atoms with Gasteiger partial charge in [0.15, 0.2) is 0 Å². The van der Waals surface area contributed by atoms with Gasteiger partial charge in [-0.3, -0.25) is 4.79 Å². The Balaban J connectivity index is 1.94. The maximum Gasteiger partial charge on any atom is 0.251 e. The van der Waals surface area contributed by atoms with Crippen LogP contribution >= 0.6 is 11.3 Å². The van der Waals surface area contributed by atoms with Crippen molar-refractivity contribution in [3.8, 4) is 11.8 Å². The van der Waals surface area contributed by atoms with E-state index in [0.29, 0.717) is 12.1 Å². The Labute approximate surface area is 128 Å². The molecular weight excluding hydrogens is 282 g/mol. The molecule has 1 aromatic heterocycles. The highest BCUT2D eigenvalue weighted by molar-refractivity contribution is 7.09. The molecule has 0 aliphatic rings. The van der Waals surface area contributed by atoms with Crippen LogP contribution in [0.1, 0.15) is 26.4 Å². The smallest absolute Gasteiger partial charge is 0.251 e. The van der Waals surface area contributed by atoms with E-state index in [1.807, 2.05) is 30.5 Å². The maximum absolute atomic E-state index is 12.1. The van der Waals surface area contributed by atoms with Crippen LogP contribution in [-0.4, -0.2) is 24.2 Å². The standard InChI is InChI=1S/C17H17NO2S/c1-13-12-15(7-6-14(13)4-2-10-19)17(20)18-9-8-16-5-3-11-21-16/h3,5-7,11-12,19H,8-10H2,1H3,(H,18,20). The molecule has 2 N–H and O–H groups in total. The van der Waals surface area contributed by atoms with Crippen LogP contribution < -0.4 is 5.32 Å². The van der Waals surface area contributed by atoms with Crippen LogP contribution in [0.15, 0.2) is 35.7 Å². The van der Waals surface area contributed by atoms with Gasteiger partial charge in [0.05, 0.1) is 0 Å². The molecule has 0 aliphatic carbocycles. The molecule has 0 bridgehead atoms. The van der Waals surface area contributed by atoms with Crippen molar-refractivity contribution in [2.75, 3.05) is 13.2 Å². The number of nitrogens with one attached hydrogen (secondary N) is 1. The summed E-state index contributed by atoms with van der Waals surface area (Å²) in [5.74, 6) is 5.40. The fraction of sp³-hybridized carbons (Fsp3) is 0.235. The number of aliphatic hydroxyl groups excluding tert-OH is 1. The van der Waals surface area contributed by atoms with Gasteiger partial charge in [0.25, 0.3) is 5.91 Å². The third-order valence-corrected chi connectivity index (χ3v) is 3.96. The van der Waals surface area contributed by atoms with Crippen LogP contribution in [0.2, 0.25) is 0 Å². The summed E-state index contributed by atoms with van der Waals surface area (Å²) in [6, 6.07) is 9.47. The van der Waals surface area contributed by atoms with Crippen molar-refractivity contribution in [3.63, 3.8) is 0 Å². The number of carbonyl (C=O) groups excluding carboxylic acids is 1. The van der Waals surface area contributed by atoms with Gasteiger partial charge in [0.1, 0.15) is 6.61 Å². The summed E-state index contributed by atoms with van der Waals surface area (Å²) in [6.07, 6.45) is 0.850. The highest BCUT2D eigenvalue weighted by Gasteiger charge is 2.06. The first-order valence-electron chi connectivity index (χ1n) is 6.71. The molecule has 0 spiro atoms. The van der Waals surface area contributed by atoms with Gasteiger partial charge in [-0.1, -0.05) is 17.9 Å². The van der Waals surface area contributed by atoms with E-state index in [0.717, 1.165) is 17.5 Å². The highest BCUT2D eigenvalue weighted by atomic mass is 32.1. The van der Waals surface area contributed by atoms with Gasteiger partial charge in [-0.2, -0.15) is 0 Å². The van der Waals surface area contributed by atoms with Crippen molar-refractivity contribution < 1.29 is 9.90 Å². The third kappa shape index (κ3) is 4.45. The summed E-state index contributed by atoms with van der Waals surface area (Å²) in [4.78, 5) is 13.3. The zero-order valence-electron chi connectivity index (χ0n) is 11.8. The van der Waals surface area contributed by atoms with E-state index >= 15 is 0 Å². The quantitative estimate of drug-likeness (QED) is 0.852. The molecule has 0 fully saturated rings. The van der Waals surface area contributed by atoms with Gasteiger partial charge < -0.3 is 10.4 Å². The van der Waals surface area contributed by atoms with Crippen molar-refractivity contribution in [2.24, 2.45) is 0 Å². The van der Waals surface area contributed by atoms with Crippen molar-refractivity contribution in [3.05, 3.63) is 57.3 Å². The van der Waals surface area contributed by atoms with Gasteiger partial charge >= 0.3 is 0 Å². The Morgan fingerprint density at radius 3 is 2.90 bits per heavy atom. The predicted molar refractivity (Wildman–Crippen MR) is 85.5 cm³/mol. The number of rotatable bonds is 4. The monoisotopic (exact) mass is 299 g/mol. The largest absolute Gasteiger partial charge is 0.384 e. The number of carbonyl (C=O) groups is 1. The number of thiophene rings is 1. The molecular formula is C17H17NO2S. The average Bonchev–Trinajstić information content (AvgIpc) is 2.99. The number of benzene rings is 1. The Morgan fingerprint density at radius 1 is 1.38 bits per heavy atom. The molecule has 4 heteroatoms. The van der Waals surface area contributed by atoms with Crippen molar-refractivity contribution in [1.29, 1.82) is 0 Å². The van der Waals surface area contributed by atoms with Crippen LogP contribution in [-0.2, 0) is 6.42 Å². The Hall–Kier alpha value is -2.09. The second-order valence-corrected chi connectivity index (χ2v) is 5.61. The minimum absolute atomic E-state index is 0.0728. The molecule has 0 unspecified atom stereocenters. The van der Waals surface area contributed by atoms with Crippen LogP contribution in [0.4, 0.5) is 0 Å². The average molecular weight is 299 g/mol. The van der Waals surface area contributed by atoms with Gasteiger partial charge in [-0.25, -0.2) is 0 Å². The molecule has 1 amide bonds. The summed E-state index contributed by atoms with van der Waals surface area (Å²) in [7, 11) is 0. The maximum atomic E-state index is 12.1. The molecule has 0 atom stereocenters. The first-order chi connectivity index (χ1) is 10.2. The molecule has 21 heavy (non-hydrogen) atoms. The molecule has 3 nitrogen and oxygen atoms in total. The Morgan fingerprint density at radius 2 is 2.24 bits per heavy atom. The lowest BCUT2D eigenvalue weighted by atomic mass is 10.0. The van der Waals surface area contributed by atoms with Crippen LogP contribution in [0.5, 0.6) is 0 Å². The minimum Gasteiger partial charge on any atom is -0.384 e. The lowest BCUT2D eigenvalue weighted by Gasteiger charge is -2.06. The van der Waals surface area contributed by atoms with Gasteiger partial charge in [0, 0.05) is 22.5 Å². The molecule has 1 heterocycles. The Kier molecular flexibility index (Phi) is 5.56. The second-order valence-electron chi connectivity index (χ2n) is 4.57. The van der Waals surface area contributed by atoms with E-state index < -0.39 is 0 Å². The summed E-state index contributed by atoms with van der Waals surface area (Å²) in [6.45, 7) is 2.37. The van der Waals surface area contributed by atoms with Crippen molar-refractivity contribution in [1.82, 2.24) is 5.32 Å². The zero-order valence-corrected chi connectivity index (χ0v) is 12.7. The molecule has 0 saturated carbocycles. The predicted octanol–water partition coefficient (Wildman–Crippen LogP) is 2.37. The van der Waals surface area contributed by atoms with Crippen molar-refractivity contribution in [2.45, 2.75) is 13.3 Å². The highest BCUT2D eigenvalue weighted by Crippen LogP contribution is 2.11. The lowest BCUT2D eigenvalue weighted by Crippen LogP contribution is -2.25. The first-order valence-corrected chi connectivity index (χ1v) is 7.59. The van der Waals surface area contributed by atoms with Crippen molar-refractivity contribution >= 4 is 17.2 Å². The fourth-order valence-electron chi connectivity index (χ4n) is 1.94. The third-order valence-electron chi connectivity index (χ3n) is 3.03. The van der Waals surface area contributed by atoms with Crippen LogP contribution in [0.25, 0.3) is 0 Å². The molecule has 2 aromatic rings. The summed E-state index contributed by atoms with van der Waals surface area (Å²) in [5, 5.41) is 13.7. The van der Waals surface area contributed by atoms with Crippen LogP contribution in [0.3, 0.4) is 0 Å². The first kappa shape index (κ1) is 15.3. The number of hydrogen-bond donors (Lipinski definition) is 2. The molecule has 0 saturated heterocycles. The van der Waals surface area contributed by atoms with E-state index in [-0.39, 0.29) is 12.5 Å². The molecule has 108 valence electrons. The zero-order chi connectivity index (χ0) is 15.1. The molecule has 1 aromatic carbocycles. The minimum atomic E-state index is -0.162. The molecule has 0 aliphatic heterocycles. The van der Waals surface area contributed by atoms with E-state index in [9.17, 15) is 4.79 Å². The number of hydrogen-bond acceptors (Lipinski definition) is 3. The normalized spacial score (nSPS) is 9.81. The second kappa shape index (κ2) is 7.63. The van der Waals surface area contributed by atoms with E-state index in [2.05, 4.69) is 23.2 Å². The van der Waals surface area contributed by atoms with E-state index in [1.54, 1.807) is 17.4 Å². The van der Waals surface area contributed by atoms with Gasteiger partial charge in [0.2, 0.25) is 0 Å². The Bertz CT molecular complexity index is 666. The topological polar surface area (TPSA) is 49.3 Å². The number of amides is 1. The van der Waals surface area contributed by atoms with Gasteiger partial charge in [-0.05, 0) is 48.6 Å². The number of aryl methyl sites for hydroxylation is 1. The molecule has 2 rings (SSSR count). The summed E-state index contributed by atoms with van der Waals surface area (Å²) in [5.41, 5.74) is 2.40. The van der Waals surface area contributed by atoms with Crippen LogP contribution in [0, 0.1) is 18.8 Å². The summed E-state index contributed by atoms with van der Waals surface area (Å²) >= 11 is 1.70. The fourth-order valence-corrected chi connectivity index (χ4v) is 2.65.